The Morgan fingerprint density at radius 3 is 2.24 bits per heavy atom. The molecule has 0 bridgehead atoms. The molecular formula is C25H19Cl2NO6. The summed E-state index contributed by atoms with van der Waals surface area (Å²) in [5.74, 6) is -1.99. The number of anilines is 1. The first-order chi connectivity index (χ1) is 16.3. The highest BCUT2D eigenvalue weighted by atomic mass is 35.5. The molecule has 34 heavy (non-hydrogen) atoms. The fourth-order valence-electron chi connectivity index (χ4n) is 3.93. The zero-order valence-electron chi connectivity index (χ0n) is 18.1. The second-order valence-corrected chi connectivity index (χ2v) is 8.30. The summed E-state index contributed by atoms with van der Waals surface area (Å²) in [7, 11) is 2.81. The van der Waals surface area contributed by atoms with Gasteiger partial charge in [0.25, 0.3) is 11.7 Å². The van der Waals surface area contributed by atoms with Crippen molar-refractivity contribution in [1.82, 2.24) is 0 Å². The summed E-state index contributed by atoms with van der Waals surface area (Å²) in [5, 5.41) is 22.3. The predicted octanol–water partition coefficient (Wildman–Crippen LogP) is 5.34. The number of methoxy groups -OCH3 is 2. The predicted molar refractivity (Wildman–Crippen MR) is 129 cm³/mol. The maximum absolute atomic E-state index is 13.3. The van der Waals surface area contributed by atoms with E-state index in [-0.39, 0.29) is 28.4 Å². The van der Waals surface area contributed by atoms with Gasteiger partial charge in [0.1, 0.15) is 11.5 Å². The number of aromatic hydroxyl groups is 1. The first kappa shape index (κ1) is 23.5. The Morgan fingerprint density at radius 2 is 1.59 bits per heavy atom. The largest absolute Gasteiger partial charge is 0.507 e. The van der Waals surface area contributed by atoms with Crippen LogP contribution in [0.15, 0.2) is 66.2 Å². The van der Waals surface area contributed by atoms with Crippen LogP contribution < -0.4 is 14.4 Å². The number of carbonyl (C=O) groups is 2. The molecule has 0 saturated carbocycles. The lowest BCUT2D eigenvalue weighted by Crippen LogP contribution is -2.29. The van der Waals surface area contributed by atoms with Gasteiger partial charge in [-0.15, -0.1) is 0 Å². The molecule has 3 aromatic carbocycles. The first-order valence-electron chi connectivity index (χ1n) is 10.0. The molecule has 1 atom stereocenters. The number of amides is 1. The Morgan fingerprint density at radius 1 is 0.912 bits per heavy atom. The number of hydrogen-bond acceptors (Lipinski definition) is 6. The summed E-state index contributed by atoms with van der Waals surface area (Å²) in [6, 6.07) is 14.3. The van der Waals surface area contributed by atoms with Gasteiger partial charge in [0, 0.05) is 15.7 Å². The van der Waals surface area contributed by atoms with Crippen molar-refractivity contribution in [3.05, 3.63) is 87.4 Å². The van der Waals surface area contributed by atoms with Gasteiger partial charge in [0.05, 0.1) is 31.4 Å². The molecule has 0 aliphatic carbocycles. The Labute approximate surface area is 205 Å². The lowest BCUT2D eigenvalue weighted by atomic mass is 9.94. The first-order valence-corrected chi connectivity index (χ1v) is 10.8. The van der Waals surface area contributed by atoms with E-state index in [0.29, 0.717) is 21.3 Å². The van der Waals surface area contributed by atoms with Crippen molar-refractivity contribution in [3.63, 3.8) is 0 Å². The Kier molecular flexibility index (Phi) is 6.41. The van der Waals surface area contributed by atoms with Crippen LogP contribution >= 0.6 is 23.2 Å². The number of benzene rings is 3. The van der Waals surface area contributed by atoms with Gasteiger partial charge in [0.15, 0.2) is 11.5 Å². The number of hydrogen-bond donors (Lipinski definition) is 2. The maximum atomic E-state index is 13.3. The van der Waals surface area contributed by atoms with E-state index < -0.39 is 23.5 Å². The molecule has 4 rings (SSSR count). The minimum Gasteiger partial charge on any atom is -0.507 e. The van der Waals surface area contributed by atoms with Gasteiger partial charge in [-0.3, -0.25) is 14.5 Å². The van der Waals surface area contributed by atoms with Gasteiger partial charge < -0.3 is 19.7 Å². The average molecular weight is 500 g/mol. The molecule has 1 heterocycles. The Hall–Kier alpha value is -3.68. The topological polar surface area (TPSA) is 96.3 Å². The van der Waals surface area contributed by atoms with Crippen LogP contribution in [0.4, 0.5) is 5.69 Å². The van der Waals surface area contributed by atoms with Gasteiger partial charge in [-0.05, 0) is 54.1 Å². The van der Waals surface area contributed by atoms with E-state index in [1.54, 1.807) is 36.4 Å². The average Bonchev–Trinajstić information content (AvgIpc) is 3.09. The summed E-state index contributed by atoms with van der Waals surface area (Å²) in [6.45, 7) is 0. The molecule has 1 saturated heterocycles. The monoisotopic (exact) mass is 499 g/mol. The van der Waals surface area contributed by atoms with Crippen LogP contribution in [-0.2, 0) is 9.59 Å². The van der Waals surface area contributed by atoms with Crippen molar-refractivity contribution < 1.29 is 29.3 Å². The van der Waals surface area contributed by atoms with Gasteiger partial charge >= 0.3 is 0 Å². The number of nitrogens with zero attached hydrogens (tertiary/aromatic N) is 1. The lowest BCUT2D eigenvalue weighted by Gasteiger charge is -2.26. The zero-order chi connectivity index (χ0) is 24.6. The molecule has 1 unspecified atom stereocenters. The molecule has 3 aromatic rings. The van der Waals surface area contributed by atoms with E-state index in [1.807, 2.05) is 0 Å². The van der Waals surface area contributed by atoms with E-state index >= 15 is 0 Å². The summed E-state index contributed by atoms with van der Waals surface area (Å²) >= 11 is 12.3. The minimum atomic E-state index is -1.08. The third-order valence-corrected chi connectivity index (χ3v) is 5.94. The molecule has 0 radical (unpaired) electrons. The summed E-state index contributed by atoms with van der Waals surface area (Å²) in [6.07, 6.45) is 0. The SMILES string of the molecule is COc1ccc(C2/C(=C(\O)c3cc(Cl)ccc3OC)C(=O)C(=O)N2c2cccc(Cl)c2)cc1O. The van der Waals surface area contributed by atoms with Crippen LogP contribution in [0.1, 0.15) is 17.2 Å². The van der Waals surface area contributed by atoms with Gasteiger partial charge in [-0.1, -0.05) is 35.3 Å². The summed E-state index contributed by atoms with van der Waals surface area (Å²) in [4.78, 5) is 27.7. The van der Waals surface area contributed by atoms with Crippen LogP contribution in [0.3, 0.4) is 0 Å². The molecule has 0 aromatic heterocycles. The van der Waals surface area contributed by atoms with E-state index in [2.05, 4.69) is 0 Å². The van der Waals surface area contributed by atoms with Crippen LogP contribution in [0.25, 0.3) is 5.76 Å². The molecule has 7 nitrogen and oxygen atoms in total. The minimum absolute atomic E-state index is 0.141. The normalized spacial score (nSPS) is 17.2. The number of Topliss-reactive ketones (excluding diaryl/α,β-unsaturated/α-hetero) is 1. The van der Waals surface area contributed by atoms with Gasteiger partial charge in [-0.25, -0.2) is 0 Å². The van der Waals surface area contributed by atoms with Crippen molar-refractivity contribution >= 4 is 46.3 Å². The maximum Gasteiger partial charge on any atom is 0.300 e. The van der Waals surface area contributed by atoms with Gasteiger partial charge in [-0.2, -0.15) is 0 Å². The third kappa shape index (κ3) is 4.04. The number of aliphatic hydroxyl groups is 1. The van der Waals surface area contributed by atoms with Crippen molar-refractivity contribution in [3.8, 4) is 17.2 Å². The fraction of sp³-hybridized carbons (Fsp3) is 0.120. The molecule has 2 N–H and O–H groups in total. The fourth-order valence-corrected chi connectivity index (χ4v) is 4.28. The highest BCUT2D eigenvalue weighted by Gasteiger charge is 2.47. The zero-order valence-corrected chi connectivity index (χ0v) is 19.6. The molecule has 1 aliphatic heterocycles. The Bertz CT molecular complexity index is 1340. The van der Waals surface area contributed by atoms with E-state index in [4.69, 9.17) is 32.7 Å². The second-order valence-electron chi connectivity index (χ2n) is 7.42. The number of phenols is 1. The highest BCUT2D eigenvalue weighted by Crippen LogP contribution is 2.45. The number of halogens is 2. The summed E-state index contributed by atoms with van der Waals surface area (Å²) < 4.78 is 10.4. The molecule has 174 valence electrons. The number of aliphatic hydroxyl groups excluding tert-OH is 1. The smallest absolute Gasteiger partial charge is 0.300 e. The Balaban J connectivity index is 2.01. The van der Waals surface area contributed by atoms with Crippen molar-refractivity contribution in [1.29, 1.82) is 0 Å². The standard InChI is InChI=1S/C25H19Cl2NO6/c1-33-19-9-7-15(27)12-17(19)23(30)21-22(13-6-8-20(34-2)18(29)10-13)28(25(32)24(21)31)16-5-3-4-14(26)11-16/h3-12,22,29-30H,1-2H3/b23-21+. The van der Waals surface area contributed by atoms with Crippen molar-refractivity contribution in [2.75, 3.05) is 19.1 Å². The lowest BCUT2D eigenvalue weighted by molar-refractivity contribution is -0.132. The molecule has 1 fully saturated rings. The van der Waals surface area contributed by atoms with Crippen LogP contribution in [-0.4, -0.2) is 36.1 Å². The van der Waals surface area contributed by atoms with Crippen molar-refractivity contribution in [2.24, 2.45) is 0 Å². The highest BCUT2D eigenvalue weighted by molar-refractivity contribution is 6.52. The van der Waals surface area contributed by atoms with E-state index in [9.17, 15) is 19.8 Å². The molecule has 1 aliphatic rings. The second kappa shape index (κ2) is 9.29. The number of carbonyl (C=O) groups excluding carboxylic acids is 2. The van der Waals surface area contributed by atoms with Gasteiger partial charge in [0.2, 0.25) is 0 Å². The third-order valence-electron chi connectivity index (χ3n) is 5.47. The molecular weight excluding hydrogens is 481 g/mol. The summed E-state index contributed by atoms with van der Waals surface area (Å²) in [5.41, 5.74) is 0.643. The number of ether oxygens (including phenoxy) is 2. The molecule has 1 amide bonds. The van der Waals surface area contributed by atoms with E-state index in [0.717, 1.165) is 0 Å². The van der Waals surface area contributed by atoms with Crippen LogP contribution in [0.2, 0.25) is 10.0 Å². The van der Waals surface area contributed by atoms with Crippen molar-refractivity contribution in [2.45, 2.75) is 6.04 Å². The number of ketones is 1. The molecule has 9 heteroatoms. The molecule has 0 spiro atoms. The van der Waals surface area contributed by atoms with Crippen LogP contribution in [0, 0.1) is 0 Å². The number of rotatable bonds is 5. The van der Waals surface area contributed by atoms with E-state index in [1.165, 1.54) is 43.4 Å². The quantitative estimate of drug-likeness (QED) is 0.279. The van der Waals surface area contributed by atoms with Crippen LogP contribution in [0.5, 0.6) is 17.2 Å². The number of phenolic OH excluding ortho intramolecular Hbond substituents is 1.